The van der Waals surface area contributed by atoms with Crippen LogP contribution in [0.4, 0.5) is 17.6 Å². The molecule has 9 rings (SSSR count). The molecule has 4 aromatic rings. The average molecular weight is 519 g/mol. The largest absolute Gasteiger partial charge is 0.368 e. The fourth-order valence-electron chi connectivity index (χ4n) is 7.37. The molecular formula is C31H34N8. The smallest absolute Gasteiger partial charge is 0.248 e. The number of hydrogen-bond donors (Lipinski definition) is 2. The average Bonchev–Trinajstić information content (AvgIpc) is 3.55. The predicted molar refractivity (Wildman–Crippen MR) is 152 cm³/mol. The summed E-state index contributed by atoms with van der Waals surface area (Å²) in [5, 5.41) is 17.2. The summed E-state index contributed by atoms with van der Waals surface area (Å²) in [6.07, 6.45) is 10.8. The highest BCUT2D eigenvalue weighted by Gasteiger charge is 2.45. The van der Waals surface area contributed by atoms with E-state index in [0.717, 1.165) is 61.5 Å². The molecule has 2 aromatic heterocycles. The van der Waals surface area contributed by atoms with Crippen LogP contribution in [0.15, 0.2) is 48.5 Å². The maximum Gasteiger partial charge on any atom is 0.248 e. The number of rotatable bonds is 4. The quantitative estimate of drug-likeness (QED) is 0.372. The van der Waals surface area contributed by atoms with Gasteiger partial charge in [-0.1, -0.05) is 30.3 Å². The zero-order valence-electron chi connectivity index (χ0n) is 22.2. The lowest BCUT2D eigenvalue weighted by atomic mass is 9.86. The Bertz CT molecular complexity index is 1550. The standard InChI is InChI=1S/C31H34N8/c32-30-34-31(37-39(30)28-17-23-6-3-5-21-4-1-2-7-27(21)29(23)36-35-28)33-24-11-8-20-9-12-25(13-10-22(20)16-24)38-18-19-14-26(38)15-19/h1-2,4,7-8,11,16-17,19,25-26H,3,5-6,9-10,12-15,18H2,(H3,32,33,34,37). The molecule has 4 heterocycles. The lowest BCUT2D eigenvalue weighted by molar-refractivity contribution is 0.170. The molecule has 39 heavy (non-hydrogen) atoms. The van der Waals surface area contributed by atoms with Gasteiger partial charge in [-0.15, -0.1) is 15.3 Å². The van der Waals surface area contributed by atoms with E-state index in [1.165, 1.54) is 60.0 Å². The predicted octanol–water partition coefficient (Wildman–Crippen LogP) is 4.88. The Balaban J connectivity index is 1.01. The third-order valence-electron chi connectivity index (χ3n) is 9.45. The molecule has 8 nitrogen and oxygen atoms in total. The summed E-state index contributed by atoms with van der Waals surface area (Å²) in [5.74, 6) is 2.34. The van der Waals surface area contributed by atoms with Crippen molar-refractivity contribution < 1.29 is 0 Å². The Morgan fingerprint density at radius 3 is 2.54 bits per heavy atom. The summed E-state index contributed by atoms with van der Waals surface area (Å²) in [4.78, 5) is 7.32. The molecule has 0 amide bonds. The van der Waals surface area contributed by atoms with Crippen LogP contribution in [0.5, 0.6) is 0 Å². The fraction of sp³-hybridized carbons (Fsp3) is 0.419. The van der Waals surface area contributed by atoms with Crippen LogP contribution in [0.2, 0.25) is 0 Å². The molecule has 1 saturated carbocycles. The first-order chi connectivity index (χ1) is 19.2. The van der Waals surface area contributed by atoms with Gasteiger partial charge in [0.05, 0.1) is 5.69 Å². The summed E-state index contributed by atoms with van der Waals surface area (Å²) in [6.45, 7) is 1.33. The molecule has 8 heteroatoms. The van der Waals surface area contributed by atoms with Crippen molar-refractivity contribution in [3.63, 3.8) is 0 Å². The molecular weight excluding hydrogens is 484 g/mol. The number of nitrogens with one attached hydrogen (secondary N) is 1. The van der Waals surface area contributed by atoms with Gasteiger partial charge >= 0.3 is 0 Å². The van der Waals surface area contributed by atoms with Gasteiger partial charge in [-0.05, 0) is 104 Å². The number of nitrogens with two attached hydrogens (primary N) is 1. The van der Waals surface area contributed by atoms with Crippen molar-refractivity contribution in [3.05, 3.63) is 70.8 Å². The van der Waals surface area contributed by atoms with Crippen LogP contribution in [0.25, 0.3) is 17.1 Å². The molecule has 3 aliphatic carbocycles. The summed E-state index contributed by atoms with van der Waals surface area (Å²) in [7, 11) is 0. The Morgan fingerprint density at radius 1 is 0.821 bits per heavy atom. The Morgan fingerprint density at radius 2 is 1.67 bits per heavy atom. The van der Waals surface area contributed by atoms with E-state index in [-0.39, 0.29) is 0 Å². The lowest BCUT2D eigenvalue weighted by Gasteiger charge is -2.32. The summed E-state index contributed by atoms with van der Waals surface area (Å²) < 4.78 is 1.58. The molecule has 0 spiro atoms. The lowest BCUT2D eigenvalue weighted by Crippen LogP contribution is -2.37. The van der Waals surface area contributed by atoms with Gasteiger partial charge in [0, 0.05) is 29.9 Å². The number of nitrogens with zero attached hydrogens (tertiary/aromatic N) is 6. The van der Waals surface area contributed by atoms with E-state index in [0.29, 0.717) is 17.7 Å². The van der Waals surface area contributed by atoms with Gasteiger partial charge in [0.25, 0.3) is 0 Å². The molecule has 5 aliphatic rings. The van der Waals surface area contributed by atoms with E-state index in [1.807, 2.05) is 0 Å². The van der Waals surface area contributed by atoms with Gasteiger partial charge in [0.2, 0.25) is 11.9 Å². The van der Waals surface area contributed by atoms with E-state index >= 15 is 0 Å². The number of anilines is 3. The van der Waals surface area contributed by atoms with Crippen molar-refractivity contribution >= 4 is 17.6 Å². The molecule has 3 fully saturated rings. The molecule has 3 N–H and O–H groups in total. The number of benzene rings is 2. The maximum absolute atomic E-state index is 6.31. The van der Waals surface area contributed by atoms with Crippen molar-refractivity contribution in [2.75, 3.05) is 17.6 Å². The molecule has 2 bridgehead atoms. The van der Waals surface area contributed by atoms with Crippen LogP contribution in [0, 0.1) is 5.92 Å². The van der Waals surface area contributed by atoms with Crippen molar-refractivity contribution in [1.82, 2.24) is 29.9 Å². The van der Waals surface area contributed by atoms with Crippen LogP contribution >= 0.6 is 0 Å². The van der Waals surface area contributed by atoms with E-state index in [9.17, 15) is 0 Å². The monoisotopic (exact) mass is 518 g/mol. The Labute approximate surface area is 228 Å². The third kappa shape index (κ3) is 4.09. The normalized spacial score (nSPS) is 23.6. The van der Waals surface area contributed by atoms with Crippen LogP contribution in [-0.2, 0) is 25.7 Å². The highest BCUT2D eigenvalue weighted by molar-refractivity contribution is 5.68. The zero-order valence-corrected chi connectivity index (χ0v) is 22.2. The van der Waals surface area contributed by atoms with Crippen molar-refractivity contribution in [3.8, 4) is 17.1 Å². The molecule has 0 radical (unpaired) electrons. The Kier molecular flexibility index (Phi) is 5.43. The minimum absolute atomic E-state index is 0.294. The second kappa shape index (κ2) is 9.16. The van der Waals surface area contributed by atoms with Gasteiger partial charge in [0.1, 0.15) is 0 Å². The highest BCUT2D eigenvalue weighted by Crippen LogP contribution is 2.43. The Hall–Kier alpha value is -3.78. The highest BCUT2D eigenvalue weighted by atomic mass is 15.4. The van der Waals surface area contributed by atoms with E-state index in [4.69, 9.17) is 5.73 Å². The van der Waals surface area contributed by atoms with Crippen LogP contribution in [0.1, 0.15) is 54.4 Å². The minimum Gasteiger partial charge on any atom is -0.368 e. The fourth-order valence-corrected chi connectivity index (χ4v) is 7.37. The SMILES string of the molecule is Nc1nc(Nc2ccc3c(c2)CCC(N2CC4CC2C4)CC3)nn1-c1cc2c(nn1)-c1ccccc1CCC2. The van der Waals surface area contributed by atoms with Crippen LogP contribution < -0.4 is 11.1 Å². The number of nitrogen functional groups attached to an aromatic ring is 1. The molecule has 2 saturated heterocycles. The first-order valence-corrected chi connectivity index (χ1v) is 14.5. The first-order valence-electron chi connectivity index (χ1n) is 14.5. The van der Waals surface area contributed by atoms with E-state index in [1.54, 1.807) is 4.68 Å². The first kappa shape index (κ1) is 23.1. The number of aromatic nitrogens is 5. The molecule has 1 atom stereocenters. The van der Waals surface area contributed by atoms with Crippen LogP contribution in [0.3, 0.4) is 0 Å². The minimum atomic E-state index is 0.294. The third-order valence-corrected chi connectivity index (χ3v) is 9.45. The summed E-state index contributed by atoms with van der Waals surface area (Å²) in [5.41, 5.74) is 14.9. The molecule has 2 aromatic carbocycles. The van der Waals surface area contributed by atoms with Gasteiger partial charge < -0.3 is 11.1 Å². The number of fused-ring (bicyclic) bond motifs is 5. The van der Waals surface area contributed by atoms with Gasteiger partial charge in [-0.25, -0.2) is 0 Å². The number of hydrogen-bond acceptors (Lipinski definition) is 7. The second-order valence-corrected chi connectivity index (χ2v) is 11.8. The molecule has 1 unspecified atom stereocenters. The molecule has 2 aliphatic heterocycles. The van der Waals surface area contributed by atoms with Gasteiger partial charge in [0.15, 0.2) is 5.82 Å². The second-order valence-electron chi connectivity index (χ2n) is 11.8. The van der Waals surface area contributed by atoms with Crippen molar-refractivity contribution in [2.45, 2.75) is 69.9 Å². The molecule has 198 valence electrons. The van der Waals surface area contributed by atoms with E-state index < -0.39 is 0 Å². The topological polar surface area (TPSA) is 97.8 Å². The van der Waals surface area contributed by atoms with E-state index in [2.05, 4.69) is 79.0 Å². The van der Waals surface area contributed by atoms with Gasteiger partial charge in [-0.3, -0.25) is 4.90 Å². The maximum atomic E-state index is 6.31. The number of aryl methyl sites for hydroxylation is 4. The van der Waals surface area contributed by atoms with Crippen molar-refractivity contribution in [1.29, 1.82) is 0 Å². The summed E-state index contributed by atoms with van der Waals surface area (Å²) >= 11 is 0. The van der Waals surface area contributed by atoms with Gasteiger partial charge in [-0.2, -0.15) is 9.67 Å². The van der Waals surface area contributed by atoms with Crippen molar-refractivity contribution in [2.24, 2.45) is 5.92 Å². The van der Waals surface area contributed by atoms with Crippen LogP contribution in [-0.4, -0.2) is 48.5 Å². The summed E-state index contributed by atoms with van der Waals surface area (Å²) in [6, 6.07) is 18.8. The zero-order chi connectivity index (χ0) is 25.9.